The van der Waals surface area contributed by atoms with Crippen LogP contribution >= 0.6 is 11.6 Å². The Morgan fingerprint density at radius 1 is 0.704 bits per heavy atom. The number of amides is 4. The number of aromatic carboxylic acids is 1. The molecular formula is C43H31ClN2O8. The van der Waals surface area contributed by atoms with Crippen LogP contribution in [0, 0.1) is 23.7 Å². The third kappa shape index (κ3) is 4.56. The van der Waals surface area contributed by atoms with E-state index >= 15 is 9.59 Å². The standard InChI is InChI=1S/C43H31ClN2O8/c44-23-9-6-10-24(19-23)46-39(50)33-21-32-29(15-16-31-36(32)40(51)45(38(31)49)25-13-14-30(41(52)53)35(48)20-25)37(43(33,42(46)54)22-7-2-1-3-8-22)28-17-18-34(47)27-12-5-4-11-26(27)28/h1-15,17-20,31-33,36-37,47-48H,16,21H2,(H,52,53)/t31-,32+,33-,36-,37-,43+/m0/s1. The van der Waals surface area contributed by atoms with Gasteiger partial charge in [-0.1, -0.05) is 90.0 Å². The highest BCUT2D eigenvalue weighted by Crippen LogP contribution is 2.65. The van der Waals surface area contributed by atoms with Crippen LogP contribution in [-0.4, -0.2) is 44.9 Å². The van der Waals surface area contributed by atoms with Gasteiger partial charge in [-0.2, -0.15) is 0 Å². The summed E-state index contributed by atoms with van der Waals surface area (Å²) in [5.41, 5.74) is 0.524. The first kappa shape index (κ1) is 33.6. The normalized spacial score (nSPS) is 26.1. The van der Waals surface area contributed by atoms with E-state index in [-0.39, 0.29) is 29.8 Å². The van der Waals surface area contributed by atoms with Crippen LogP contribution in [0.2, 0.25) is 5.02 Å². The van der Waals surface area contributed by atoms with Crippen molar-refractivity contribution in [1.29, 1.82) is 0 Å². The van der Waals surface area contributed by atoms with Gasteiger partial charge in [0.25, 0.3) is 0 Å². The van der Waals surface area contributed by atoms with Crippen LogP contribution in [0.15, 0.2) is 121 Å². The van der Waals surface area contributed by atoms with Gasteiger partial charge in [-0.3, -0.25) is 19.2 Å². The Kier molecular flexibility index (Phi) is 7.55. The number of carbonyl (C=O) groups excluding carboxylic acids is 4. The molecule has 3 N–H and O–H groups in total. The minimum Gasteiger partial charge on any atom is -0.507 e. The lowest BCUT2D eigenvalue weighted by Crippen LogP contribution is -2.53. The van der Waals surface area contributed by atoms with Crippen molar-refractivity contribution in [1.82, 2.24) is 0 Å². The van der Waals surface area contributed by atoms with Gasteiger partial charge in [0.15, 0.2) is 0 Å². The van der Waals surface area contributed by atoms with Crippen molar-refractivity contribution in [2.45, 2.75) is 24.2 Å². The fourth-order valence-corrected chi connectivity index (χ4v) is 9.93. The summed E-state index contributed by atoms with van der Waals surface area (Å²) in [5, 5.41) is 32.5. The van der Waals surface area contributed by atoms with Gasteiger partial charge < -0.3 is 15.3 Å². The van der Waals surface area contributed by atoms with Crippen molar-refractivity contribution in [2.24, 2.45) is 23.7 Å². The van der Waals surface area contributed by atoms with E-state index in [4.69, 9.17) is 11.6 Å². The molecule has 54 heavy (non-hydrogen) atoms. The summed E-state index contributed by atoms with van der Waals surface area (Å²) in [6, 6.07) is 30.0. The van der Waals surface area contributed by atoms with Crippen LogP contribution in [0.3, 0.4) is 0 Å². The van der Waals surface area contributed by atoms with Gasteiger partial charge in [0.1, 0.15) is 17.1 Å². The molecule has 10 nitrogen and oxygen atoms in total. The highest BCUT2D eigenvalue weighted by atomic mass is 35.5. The molecule has 0 unspecified atom stereocenters. The number of imide groups is 2. The number of allylic oxidation sites excluding steroid dienone is 2. The summed E-state index contributed by atoms with van der Waals surface area (Å²) in [4.78, 5) is 73.1. The maximum atomic E-state index is 15.5. The first-order valence-electron chi connectivity index (χ1n) is 17.6. The molecule has 0 radical (unpaired) electrons. The van der Waals surface area contributed by atoms with Gasteiger partial charge in [-0.05, 0) is 71.7 Å². The number of carbonyl (C=O) groups is 5. The first-order chi connectivity index (χ1) is 26.0. The number of nitrogens with zero attached hydrogens (tertiary/aromatic N) is 2. The number of aromatic hydroxyl groups is 2. The minimum atomic E-state index is -1.50. The number of anilines is 2. The Morgan fingerprint density at radius 3 is 2.15 bits per heavy atom. The number of carboxylic acid groups (broad SMARTS) is 1. The largest absolute Gasteiger partial charge is 0.507 e. The Labute approximate surface area is 313 Å². The maximum Gasteiger partial charge on any atom is 0.339 e. The van der Waals surface area contributed by atoms with E-state index in [0.717, 1.165) is 22.6 Å². The number of rotatable bonds is 5. The van der Waals surface area contributed by atoms with E-state index in [1.54, 1.807) is 48.5 Å². The highest BCUT2D eigenvalue weighted by Gasteiger charge is 2.70. The smallest absolute Gasteiger partial charge is 0.339 e. The lowest BCUT2D eigenvalue weighted by atomic mass is 9.49. The van der Waals surface area contributed by atoms with E-state index in [9.17, 15) is 29.7 Å². The Hall–Kier alpha value is -6.26. The molecule has 2 aliphatic carbocycles. The lowest BCUT2D eigenvalue weighted by molar-refractivity contribution is -0.127. The molecule has 1 saturated carbocycles. The molecule has 2 saturated heterocycles. The average molecular weight is 739 g/mol. The summed E-state index contributed by atoms with van der Waals surface area (Å²) in [6.07, 6.45) is 2.18. The molecule has 6 atom stereocenters. The number of halogens is 1. The molecule has 4 aliphatic rings. The Balaban J connectivity index is 1.28. The molecule has 9 rings (SSSR count). The zero-order valence-corrected chi connectivity index (χ0v) is 29.2. The predicted octanol–water partition coefficient (Wildman–Crippen LogP) is 6.97. The maximum absolute atomic E-state index is 15.5. The average Bonchev–Trinajstić information content (AvgIpc) is 3.56. The van der Waals surface area contributed by atoms with Gasteiger partial charge in [-0.15, -0.1) is 0 Å². The molecule has 2 heterocycles. The van der Waals surface area contributed by atoms with E-state index in [2.05, 4.69) is 0 Å². The van der Waals surface area contributed by atoms with Crippen molar-refractivity contribution in [3.8, 4) is 11.5 Å². The van der Waals surface area contributed by atoms with Crippen molar-refractivity contribution >= 4 is 63.3 Å². The summed E-state index contributed by atoms with van der Waals surface area (Å²) in [6.45, 7) is 0. The summed E-state index contributed by atoms with van der Waals surface area (Å²) in [5.74, 6) is -8.01. The molecular weight excluding hydrogens is 708 g/mol. The van der Waals surface area contributed by atoms with Crippen molar-refractivity contribution in [3.63, 3.8) is 0 Å². The Bertz CT molecular complexity index is 2520. The summed E-state index contributed by atoms with van der Waals surface area (Å²) >= 11 is 6.42. The third-order valence-electron chi connectivity index (χ3n) is 11.9. The topological polar surface area (TPSA) is 153 Å². The van der Waals surface area contributed by atoms with Crippen molar-refractivity contribution < 1.29 is 39.3 Å². The number of phenolic OH excluding ortho intramolecular Hbond substituents is 1. The van der Waals surface area contributed by atoms with Gasteiger partial charge in [0.2, 0.25) is 23.6 Å². The van der Waals surface area contributed by atoms with Gasteiger partial charge >= 0.3 is 5.97 Å². The fourth-order valence-electron chi connectivity index (χ4n) is 9.74. The zero-order valence-electron chi connectivity index (χ0n) is 28.4. The molecule has 0 bridgehead atoms. The first-order valence-corrected chi connectivity index (χ1v) is 18.0. The molecule has 3 fully saturated rings. The van der Waals surface area contributed by atoms with Crippen LogP contribution in [0.25, 0.3) is 10.8 Å². The van der Waals surface area contributed by atoms with Crippen LogP contribution in [0.1, 0.15) is 40.2 Å². The number of phenols is 2. The molecule has 5 aromatic rings. The number of hydrogen-bond acceptors (Lipinski definition) is 7. The molecule has 11 heteroatoms. The lowest BCUT2D eigenvalue weighted by Gasteiger charge is -2.51. The van der Waals surface area contributed by atoms with E-state index in [0.29, 0.717) is 32.6 Å². The molecule has 0 aromatic heterocycles. The van der Waals surface area contributed by atoms with Crippen molar-refractivity contribution in [2.75, 3.05) is 9.80 Å². The Morgan fingerprint density at radius 2 is 1.43 bits per heavy atom. The second-order valence-electron chi connectivity index (χ2n) is 14.3. The molecule has 5 aromatic carbocycles. The molecule has 0 spiro atoms. The number of benzene rings is 5. The quantitative estimate of drug-likeness (QED) is 0.129. The number of carboxylic acids is 1. The molecule has 2 aliphatic heterocycles. The predicted molar refractivity (Wildman–Crippen MR) is 199 cm³/mol. The molecule has 4 amide bonds. The van der Waals surface area contributed by atoms with Crippen LogP contribution < -0.4 is 9.80 Å². The van der Waals surface area contributed by atoms with Crippen LogP contribution in [-0.2, 0) is 24.6 Å². The van der Waals surface area contributed by atoms with Crippen molar-refractivity contribution in [3.05, 3.63) is 143 Å². The number of hydrogen-bond donors (Lipinski definition) is 3. The van der Waals surface area contributed by atoms with Crippen LogP contribution in [0.4, 0.5) is 11.4 Å². The number of fused-ring (bicyclic) bond motifs is 5. The zero-order chi connectivity index (χ0) is 37.6. The second-order valence-corrected chi connectivity index (χ2v) is 14.8. The van der Waals surface area contributed by atoms with E-state index < -0.39 is 70.4 Å². The monoisotopic (exact) mass is 738 g/mol. The van der Waals surface area contributed by atoms with E-state index in [1.807, 2.05) is 48.5 Å². The van der Waals surface area contributed by atoms with Crippen LogP contribution in [0.5, 0.6) is 11.5 Å². The third-order valence-corrected chi connectivity index (χ3v) is 12.1. The molecule has 268 valence electrons. The van der Waals surface area contributed by atoms with Gasteiger partial charge in [0.05, 0.1) is 34.5 Å². The van der Waals surface area contributed by atoms with Gasteiger partial charge in [0, 0.05) is 22.4 Å². The van der Waals surface area contributed by atoms with Gasteiger partial charge in [-0.25, -0.2) is 14.6 Å². The fraction of sp³-hybridized carbons (Fsp3) is 0.186. The second kappa shape index (κ2) is 12.1. The minimum absolute atomic E-state index is 0.0400. The SMILES string of the molecule is O=C(O)c1ccc(N2C(=O)[C@H]3[C@H](CC=C4[C@H]3C[C@H]3C(=O)N(c5cccc(Cl)c5)C(=O)[C@@]3(c3ccccc3)[C@H]4c3ccc(O)c4ccccc34)C2=O)cc1O. The van der Waals surface area contributed by atoms with E-state index in [1.165, 1.54) is 11.0 Å². The summed E-state index contributed by atoms with van der Waals surface area (Å²) in [7, 11) is 0. The highest BCUT2D eigenvalue weighted by molar-refractivity contribution is 6.32. The summed E-state index contributed by atoms with van der Waals surface area (Å²) < 4.78 is 0.